The zero-order valence-corrected chi connectivity index (χ0v) is 14.2. The fourth-order valence-electron chi connectivity index (χ4n) is 2.15. The molecule has 0 aromatic heterocycles. The molecule has 0 heterocycles. The van der Waals surface area contributed by atoms with E-state index in [2.05, 4.69) is 12.2 Å². The summed E-state index contributed by atoms with van der Waals surface area (Å²) in [4.78, 5) is 22.7. The molecule has 0 saturated heterocycles. The van der Waals surface area contributed by atoms with Crippen molar-refractivity contribution in [3.63, 3.8) is 0 Å². The lowest BCUT2D eigenvalue weighted by molar-refractivity contribution is -0.385. The number of unbranched alkanes of at least 4 members (excludes halogenated alkanes) is 1. The Labute approximate surface area is 145 Å². The minimum Gasteiger partial charge on any atom is -0.494 e. The molecule has 0 aliphatic heterocycles. The minimum atomic E-state index is -0.585. The highest BCUT2D eigenvalue weighted by Crippen LogP contribution is 2.28. The first-order valence-electron chi connectivity index (χ1n) is 7.91. The van der Waals surface area contributed by atoms with Crippen molar-refractivity contribution in [2.75, 3.05) is 19.0 Å². The quantitative estimate of drug-likeness (QED) is 0.443. The van der Waals surface area contributed by atoms with Crippen molar-refractivity contribution in [1.29, 1.82) is 0 Å². The van der Waals surface area contributed by atoms with Gasteiger partial charge in [0.15, 0.2) is 5.75 Å². The number of hydrogen-bond acceptors (Lipinski definition) is 5. The van der Waals surface area contributed by atoms with Gasteiger partial charge in [-0.05, 0) is 42.8 Å². The molecule has 25 heavy (non-hydrogen) atoms. The largest absolute Gasteiger partial charge is 0.494 e. The maximum atomic E-state index is 12.3. The third-order valence-corrected chi connectivity index (χ3v) is 3.52. The Morgan fingerprint density at radius 2 is 1.92 bits per heavy atom. The monoisotopic (exact) mass is 344 g/mol. The predicted octanol–water partition coefficient (Wildman–Crippen LogP) is 4.03. The van der Waals surface area contributed by atoms with E-state index in [1.165, 1.54) is 25.3 Å². The van der Waals surface area contributed by atoms with Gasteiger partial charge in [0.2, 0.25) is 0 Å². The summed E-state index contributed by atoms with van der Waals surface area (Å²) in [6.45, 7) is 2.74. The highest BCUT2D eigenvalue weighted by atomic mass is 16.6. The number of anilines is 1. The third-order valence-electron chi connectivity index (χ3n) is 3.52. The highest BCUT2D eigenvalue weighted by Gasteiger charge is 2.18. The molecule has 7 nitrogen and oxygen atoms in total. The molecule has 2 aromatic rings. The van der Waals surface area contributed by atoms with Crippen LogP contribution in [0, 0.1) is 10.1 Å². The molecule has 7 heteroatoms. The van der Waals surface area contributed by atoms with Crippen LogP contribution >= 0.6 is 0 Å². The van der Waals surface area contributed by atoms with Gasteiger partial charge in [-0.3, -0.25) is 14.9 Å². The first-order chi connectivity index (χ1) is 12.0. The molecule has 1 amide bonds. The number of ether oxygens (including phenoxy) is 2. The van der Waals surface area contributed by atoms with Gasteiger partial charge in [-0.15, -0.1) is 0 Å². The third kappa shape index (κ3) is 4.94. The summed E-state index contributed by atoms with van der Waals surface area (Å²) in [5, 5.41) is 13.7. The summed E-state index contributed by atoms with van der Waals surface area (Å²) >= 11 is 0. The lowest BCUT2D eigenvalue weighted by atomic mass is 10.1. The smallest absolute Gasteiger partial charge is 0.311 e. The molecule has 0 aliphatic rings. The van der Waals surface area contributed by atoms with Crippen molar-refractivity contribution in [2.24, 2.45) is 0 Å². The van der Waals surface area contributed by atoms with Crippen LogP contribution in [0.5, 0.6) is 11.5 Å². The first-order valence-corrected chi connectivity index (χ1v) is 7.91. The molecule has 0 aliphatic carbocycles. The van der Waals surface area contributed by atoms with Crippen LogP contribution in [0.2, 0.25) is 0 Å². The molecule has 132 valence electrons. The van der Waals surface area contributed by atoms with E-state index in [-0.39, 0.29) is 17.0 Å². The summed E-state index contributed by atoms with van der Waals surface area (Å²) in [5.74, 6) is 0.395. The van der Waals surface area contributed by atoms with Gasteiger partial charge < -0.3 is 14.8 Å². The van der Waals surface area contributed by atoms with E-state index < -0.39 is 10.8 Å². The summed E-state index contributed by atoms with van der Waals surface area (Å²) in [6, 6.07) is 11.0. The van der Waals surface area contributed by atoms with Crippen LogP contribution in [-0.2, 0) is 0 Å². The number of methoxy groups -OCH3 is 1. The Balaban J connectivity index is 2.06. The topological polar surface area (TPSA) is 90.7 Å². The van der Waals surface area contributed by atoms with Gasteiger partial charge in [0.25, 0.3) is 5.91 Å². The van der Waals surface area contributed by atoms with Gasteiger partial charge in [0, 0.05) is 17.3 Å². The number of amides is 1. The van der Waals surface area contributed by atoms with Crippen molar-refractivity contribution in [1.82, 2.24) is 0 Å². The Hall–Kier alpha value is -3.09. The number of nitro benzene ring substituents is 1. The Morgan fingerprint density at radius 3 is 2.52 bits per heavy atom. The van der Waals surface area contributed by atoms with Crippen LogP contribution in [-0.4, -0.2) is 24.5 Å². The zero-order valence-electron chi connectivity index (χ0n) is 14.2. The van der Waals surface area contributed by atoms with Crippen LogP contribution in [0.1, 0.15) is 30.1 Å². The summed E-state index contributed by atoms with van der Waals surface area (Å²) in [6.07, 6.45) is 2.04. The predicted molar refractivity (Wildman–Crippen MR) is 94.4 cm³/mol. The van der Waals surface area contributed by atoms with Crippen LogP contribution in [0.3, 0.4) is 0 Å². The number of nitrogens with one attached hydrogen (secondary N) is 1. The van der Waals surface area contributed by atoms with Crippen molar-refractivity contribution < 1.29 is 19.2 Å². The molecule has 0 unspecified atom stereocenters. The van der Waals surface area contributed by atoms with E-state index >= 15 is 0 Å². The second-order valence-electron chi connectivity index (χ2n) is 5.32. The lowest BCUT2D eigenvalue weighted by Crippen LogP contribution is -2.12. The number of carbonyl (C=O) groups excluding carboxylic acids is 1. The number of rotatable bonds is 8. The standard InChI is InChI=1S/C18H20N2O5/c1-3-4-11-25-15-8-6-14(7-9-15)19-18(21)13-5-10-17(24-2)16(12-13)20(22)23/h5-10,12H,3-4,11H2,1-2H3,(H,19,21). The van der Waals surface area contributed by atoms with Crippen molar-refractivity contribution in [3.8, 4) is 11.5 Å². The average Bonchev–Trinajstić information content (AvgIpc) is 2.62. The molecular formula is C18H20N2O5. The summed E-state index contributed by atoms with van der Waals surface area (Å²) in [7, 11) is 1.34. The van der Waals surface area contributed by atoms with Crippen LogP contribution in [0.25, 0.3) is 0 Å². The molecule has 0 bridgehead atoms. The second kappa shape index (κ2) is 8.68. The maximum absolute atomic E-state index is 12.3. The molecule has 2 aromatic carbocycles. The highest BCUT2D eigenvalue weighted by molar-refractivity contribution is 6.04. The van der Waals surface area contributed by atoms with E-state index in [1.54, 1.807) is 24.3 Å². The van der Waals surface area contributed by atoms with Gasteiger partial charge >= 0.3 is 5.69 Å². The van der Waals surface area contributed by atoms with E-state index in [9.17, 15) is 14.9 Å². The fourth-order valence-corrected chi connectivity index (χ4v) is 2.15. The SMILES string of the molecule is CCCCOc1ccc(NC(=O)c2ccc(OC)c([N+](=O)[O-])c2)cc1. The van der Waals surface area contributed by atoms with Gasteiger partial charge in [-0.25, -0.2) is 0 Å². The van der Waals surface area contributed by atoms with Crippen LogP contribution < -0.4 is 14.8 Å². The number of benzene rings is 2. The second-order valence-corrected chi connectivity index (χ2v) is 5.32. The summed E-state index contributed by atoms with van der Waals surface area (Å²) < 4.78 is 10.5. The zero-order chi connectivity index (χ0) is 18.2. The molecule has 1 N–H and O–H groups in total. The van der Waals surface area contributed by atoms with E-state index in [4.69, 9.17) is 9.47 Å². The molecule has 0 fully saturated rings. The Bertz CT molecular complexity index is 744. The lowest BCUT2D eigenvalue weighted by Gasteiger charge is -2.09. The number of carbonyl (C=O) groups is 1. The van der Waals surface area contributed by atoms with Gasteiger partial charge in [0.05, 0.1) is 18.6 Å². The average molecular weight is 344 g/mol. The number of nitro groups is 1. The first kappa shape index (κ1) is 18.3. The molecular weight excluding hydrogens is 324 g/mol. The van der Waals surface area contributed by atoms with E-state index in [1.807, 2.05) is 0 Å². The van der Waals surface area contributed by atoms with Crippen LogP contribution in [0.15, 0.2) is 42.5 Å². The Kier molecular flexibility index (Phi) is 6.33. The van der Waals surface area contributed by atoms with Gasteiger partial charge in [-0.1, -0.05) is 13.3 Å². The molecule has 0 spiro atoms. The Morgan fingerprint density at radius 1 is 1.20 bits per heavy atom. The molecule has 0 atom stereocenters. The fraction of sp³-hybridized carbons (Fsp3) is 0.278. The molecule has 0 saturated carbocycles. The number of hydrogen-bond donors (Lipinski definition) is 1. The van der Waals surface area contributed by atoms with E-state index in [0.717, 1.165) is 18.6 Å². The van der Waals surface area contributed by atoms with Crippen molar-refractivity contribution in [2.45, 2.75) is 19.8 Å². The van der Waals surface area contributed by atoms with E-state index in [0.29, 0.717) is 12.3 Å². The molecule has 2 rings (SSSR count). The van der Waals surface area contributed by atoms with Gasteiger partial charge in [0.1, 0.15) is 5.75 Å². The van der Waals surface area contributed by atoms with Crippen LogP contribution in [0.4, 0.5) is 11.4 Å². The van der Waals surface area contributed by atoms with Crippen molar-refractivity contribution >= 4 is 17.3 Å². The number of nitrogens with zero attached hydrogens (tertiary/aromatic N) is 1. The minimum absolute atomic E-state index is 0.107. The summed E-state index contributed by atoms with van der Waals surface area (Å²) in [5.41, 5.74) is 0.497. The van der Waals surface area contributed by atoms with Gasteiger partial charge in [-0.2, -0.15) is 0 Å². The molecule has 0 radical (unpaired) electrons. The maximum Gasteiger partial charge on any atom is 0.311 e. The normalized spacial score (nSPS) is 10.2. The van der Waals surface area contributed by atoms with Crippen molar-refractivity contribution in [3.05, 3.63) is 58.1 Å².